The molecule has 0 bridgehead atoms. The van der Waals surface area contributed by atoms with Crippen LogP contribution in [0.4, 0.5) is 0 Å². The molecule has 1 fully saturated rings. The average Bonchev–Trinajstić information content (AvgIpc) is 3.06. The van der Waals surface area contributed by atoms with Crippen LogP contribution in [0.15, 0.2) is 20.4 Å². The van der Waals surface area contributed by atoms with Gasteiger partial charge in [0, 0.05) is 22.3 Å². The van der Waals surface area contributed by atoms with Crippen LogP contribution in [0.3, 0.4) is 0 Å². The highest BCUT2D eigenvalue weighted by Crippen LogP contribution is 2.27. The van der Waals surface area contributed by atoms with Crippen molar-refractivity contribution < 1.29 is 4.52 Å². The van der Waals surface area contributed by atoms with Gasteiger partial charge in [0.15, 0.2) is 0 Å². The molecule has 1 aliphatic heterocycles. The highest BCUT2D eigenvalue weighted by molar-refractivity contribution is 9.10. The van der Waals surface area contributed by atoms with E-state index < -0.39 is 0 Å². The van der Waals surface area contributed by atoms with Crippen LogP contribution in [0.2, 0.25) is 0 Å². The Labute approximate surface area is 124 Å². The fourth-order valence-corrected chi connectivity index (χ4v) is 3.71. The van der Waals surface area contributed by atoms with Crippen LogP contribution in [-0.2, 0) is 6.42 Å². The van der Waals surface area contributed by atoms with E-state index in [2.05, 4.69) is 31.4 Å². The second kappa shape index (κ2) is 6.15. The quantitative estimate of drug-likeness (QED) is 0.922. The summed E-state index contributed by atoms with van der Waals surface area (Å²) in [5, 5.41) is 9.61. The smallest absolute Gasteiger partial charge is 0.227 e. The van der Waals surface area contributed by atoms with E-state index in [1.54, 1.807) is 11.3 Å². The summed E-state index contributed by atoms with van der Waals surface area (Å²) in [6.45, 7) is 1.14. The molecule has 19 heavy (non-hydrogen) atoms. The molecule has 1 aliphatic rings. The van der Waals surface area contributed by atoms with E-state index in [1.165, 1.54) is 19.3 Å². The third kappa shape index (κ3) is 3.43. The minimum absolute atomic E-state index is 0.611. The number of aryl methyl sites for hydroxylation is 1. The molecule has 1 saturated heterocycles. The summed E-state index contributed by atoms with van der Waals surface area (Å²) >= 11 is 5.05. The van der Waals surface area contributed by atoms with E-state index in [-0.39, 0.29) is 0 Å². The van der Waals surface area contributed by atoms with Gasteiger partial charge in [-0.1, -0.05) is 11.6 Å². The van der Waals surface area contributed by atoms with Gasteiger partial charge in [0.05, 0.1) is 4.88 Å². The van der Waals surface area contributed by atoms with Gasteiger partial charge < -0.3 is 9.84 Å². The zero-order valence-electron chi connectivity index (χ0n) is 10.6. The van der Waals surface area contributed by atoms with Gasteiger partial charge in [0.2, 0.25) is 11.7 Å². The second-order valence-corrected chi connectivity index (χ2v) is 6.65. The van der Waals surface area contributed by atoms with Crippen molar-refractivity contribution in [2.75, 3.05) is 6.54 Å². The lowest BCUT2D eigenvalue weighted by molar-refractivity contribution is 0.343. The molecular formula is C13H16BrN3OS. The van der Waals surface area contributed by atoms with Crippen LogP contribution in [-0.4, -0.2) is 22.7 Å². The number of nitrogens with zero attached hydrogens (tertiary/aromatic N) is 2. The third-order valence-electron chi connectivity index (χ3n) is 3.37. The first-order chi connectivity index (χ1) is 9.31. The van der Waals surface area contributed by atoms with Gasteiger partial charge in [0.1, 0.15) is 0 Å². The number of nitrogens with one attached hydrogen (secondary N) is 1. The molecule has 0 aromatic carbocycles. The molecule has 2 aromatic rings. The fraction of sp³-hybridized carbons (Fsp3) is 0.538. The molecule has 3 heterocycles. The highest BCUT2D eigenvalue weighted by atomic mass is 79.9. The van der Waals surface area contributed by atoms with Crippen molar-refractivity contribution in [2.45, 2.75) is 38.1 Å². The zero-order chi connectivity index (χ0) is 13.1. The third-order valence-corrected chi connectivity index (χ3v) is 5.06. The van der Waals surface area contributed by atoms with E-state index >= 15 is 0 Å². The van der Waals surface area contributed by atoms with E-state index in [4.69, 9.17) is 4.52 Å². The highest BCUT2D eigenvalue weighted by Gasteiger charge is 2.15. The van der Waals surface area contributed by atoms with Gasteiger partial charge >= 0.3 is 0 Å². The summed E-state index contributed by atoms with van der Waals surface area (Å²) in [4.78, 5) is 5.50. The Hall–Kier alpha value is -0.720. The molecule has 1 atom stereocenters. The SMILES string of the molecule is Brc1csc(-c2noc(CCC3CCCCN3)n2)c1. The maximum Gasteiger partial charge on any atom is 0.227 e. The fourth-order valence-electron chi connectivity index (χ4n) is 2.35. The van der Waals surface area contributed by atoms with Crippen LogP contribution >= 0.6 is 27.3 Å². The normalized spacial score (nSPS) is 19.7. The molecule has 102 valence electrons. The predicted molar refractivity (Wildman–Crippen MR) is 79.3 cm³/mol. The first-order valence-corrected chi connectivity index (χ1v) is 8.29. The van der Waals surface area contributed by atoms with Crippen LogP contribution in [0.5, 0.6) is 0 Å². The lowest BCUT2D eigenvalue weighted by atomic mass is 10.0. The molecule has 0 radical (unpaired) electrons. The van der Waals surface area contributed by atoms with Crippen molar-refractivity contribution in [3.05, 3.63) is 21.8 Å². The van der Waals surface area contributed by atoms with Crippen LogP contribution in [0.1, 0.15) is 31.6 Å². The summed E-state index contributed by atoms with van der Waals surface area (Å²) < 4.78 is 6.38. The van der Waals surface area contributed by atoms with Gasteiger partial charge in [-0.05, 0) is 47.8 Å². The Balaban J connectivity index is 1.58. The summed E-state index contributed by atoms with van der Waals surface area (Å²) in [7, 11) is 0. The number of aromatic nitrogens is 2. The molecule has 0 amide bonds. The van der Waals surface area contributed by atoms with E-state index in [1.807, 2.05) is 11.4 Å². The van der Waals surface area contributed by atoms with Crippen molar-refractivity contribution in [2.24, 2.45) is 0 Å². The predicted octanol–water partition coefficient (Wildman–Crippen LogP) is 3.64. The van der Waals surface area contributed by atoms with Crippen LogP contribution in [0.25, 0.3) is 10.7 Å². The Morgan fingerprint density at radius 2 is 2.42 bits per heavy atom. The van der Waals surface area contributed by atoms with Crippen LogP contribution < -0.4 is 5.32 Å². The zero-order valence-corrected chi connectivity index (χ0v) is 13.0. The second-order valence-electron chi connectivity index (χ2n) is 4.83. The van der Waals surface area contributed by atoms with Crippen molar-refractivity contribution >= 4 is 27.3 Å². The van der Waals surface area contributed by atoms with Crippen molar-refractivity contribution in [1.82, 2.24) is 15.5 Å². The van der Waals surface area contributed by atoms with Gasteiger partial charge in [-0.3, -0.25) is 0 Å². The minimum Gasteiger partial charge on any atom is -0.339 e. The van der Waals surface area contributed by atoms with Gasteiger partial charge in [-0.15, -0.1) is 11.3 Å². The standard InChI is InChI=1S/C13H16BrN3OS/c14-9-7-11(19-8-9)13-16-12(18-17-13)5-4-10-3-1-2-6-15-10/h7-8,10,15H,1-6H2. The van der Waals surface area contributed by atoms with E-state index in [0.717, 1.165) is 34.6 Å². The summed E-state index contributed by atoms with van der Waals surface area (Å²) in [6, 6.07) is 2.63. The minimum atomic E-state index is 0.611. The van der Waals surface area contributed by atoms with Crippen molar-refractivity contribution in [3.8, 4) is 10.7 Å². The lowest BCUT2D eigenvalue weighted by Crippen LogP contribution is -2.34. The van der Waals surface area contributed by atoms with Gasteiger partial charge in [0.25, 0.3) is 0 Å². The Kier molecular flexibility index (Phi) is 4.30. The monoisotopic (exact) mass is 341 g/mol. The number of halogens is 1. The van der Waals surface area contributed by atoms with E-state index in [9.17, 15) is 0 Å². The topological polar surface area (TPSA) is 51.0 Å². The largest absolute Gasteiger partial charge is 0.339 e. The first-order valence-electron chi connectivity index (χ1n) is 6.61. The number of thiophene rings is 1. The molecule has 1 unspecified atom stereocenters. The number of rotatable bonds is 4. The first kappa shape index (κ1) is 13.3. The molecular weight excluding hydrogens is 326 g/mol. The average molecular weight is 342 g/mol. The summed E-state index contributed by atoms with van der Waals surface area (Å²) in [5.74, 6) is 1.44. The number of hydrogen-bond acceptors (Lipinski definition) is 5. The number of hydrogen-bond donors (Lipinski definition) is 1. The lowest BCUT2D eigenvalue weighted by Gasteiger charge is -2.22. The maximum atomic E-state index is 5.32. The van der Waals surface area contributed by atoms with Crippen molar-refractivity contribution in [1.29, 1.82) is 0 Å². The Morgan fingerprint density at radius 1 is 1.47 bits per heavy atom. The molecule has 3 rings (SSSR count). The summed E-state index contributed by atoms with van der Waals surface area (Å²) in [5.41, 5.74) is 0. The number of piperidine rings is 1. The van der Waals surface area contributed by atoms with Crippen molar-refractivity contribution in [3.63, 3.8) is 0 Å². The molecule has 1 N–H and O–H groups in total. The maximum absolute atomic E-state index is 5.32. The molecule has 0 aliphatic carbocycles. The Morgan fingerprint density at radius 3 is 3.16 bits per heavy atom. The molecule has 6 heteroatoms. The van der Waals surface area contributed by atoms with Gasteiger partial charge in [-0.25, -0.2) is 0 Å². The molecule has 0 saturated carbocycles. The molecule has 4 nitrogen and oxygen atoms in total. The molecule has 0 spiro atoms. The summed E-state index contributed by atoms with van der Waals surface area (Å²) in [6.07, 6.45) is 5.83. The van der Waals surface area contributed by atoms with Gasteiger partial charge in [-0.2, -0.15) is 4.98 Å². The van der Waals surface area contributed by atoms with Crippen LogP contribution in [0, 0.1) is 0 Å². The Bertz CT molecular complexity index is 533. The molecule has 2 aromatic heterocycles. The van der Waals surface area contributed by atoms with E-state index in [0.29, 0.717) is 11.9 Å².